The number of methoxy groups -OCH3 is 2. The van der Waals surface area contributed by atoms with Crippen LogP contribution < -0.4 is 14.4 Å². The van der Waals surface area contributed by atoms with E-state index < -0.39 is 0 Å². The number of rotatable bonds is 5. The maximum absolute atomic E-state index is 12.9. The van der Waals surface area contributed by atoms with E-state index in [2.05, 4.69) is 20.0 Å². The highest BCUT2D eigenvalue weighted by molar-refractivity contribution is 5.96. The van der Waals surface area contributed by atoms with Crippen molar-refractivity contribution in [3.63, 3.8) is 0 Å². The molecule has 156 valence electrons. The lowest BCUT2D eigenvalue weighted by Gasteiger charge is -2.35. The van der Waals surface area contributed by atoms with Crippen LogP contribution in [0.5, 0.6) is 11.6 Å². The predicted octanol–water partition coefficient (Wildman–Crippen LogP) is 1.86. The van der Waals surface area contributed by atoms with Crippen molar-refractivity contribution in [2.45, 2.75) is 0 Å². The molecule has 1 saturated heterocycles. The van der Waals surface area contributed by atoms with Crippen molar-refractivity contribution in [1.29, 1.82) is 0 Å². The molecule has 3 heterocycles. The van der Waals surface area contributed by atoms with Crippen LogP contribution in [0.3, 0.4) is 0 Å². The summed E-state index contributed by atoms with van der Waals surface area (Å²) < 4.78 is 12.0. The molecule has 9 heteroatoms. The van der Waals surface area contributed by atoms with E-state index in [-0.39, 0.29) is 5.91 Å². The maximum atomic E-state index is 12.9. The Bertz CT molecular complexity index is 1030. The fourth-order valence-electron chi connectivity index (χ4n) is 3.51. The summed E-state index contributed by atoms with van der Waals surface area (Å²) in [7, 11) is 4.94. The van der Waals surface area contributed by atoms with E-state index in [1.165, 1.54) is 7.11 Å². The number of nitrogens with zero attached hydrogens (tertiary/aromatic N) is 6. The van der Waals surface area contributed by atoms with Gasteiger partial charge in [0.1, 0.15) is 23.5 Å². The number of hydrogen-bond donors (Lipinski definition) is 0. The number of aryl methyl sites for hydroxylation is 1. The summed E-state index contributed by atoms with van der Waals surface area (Å²) in [4.78, 5) is 25.7. The van der Waals surface area contributed by atoms with Crippen molar-refractivity contribution in [2.24, 2.45) is 7.05 Å². The predicted molar refractivity (Wildman–Crippen MR) is 112 cm³/mol. The molecule has 0 N–H and O–H groups in total. The van der Waals surface area contributed by atoms with Crippen LogP contribution in [0.2, 0.25) is 0 Å². The lowest BCUT2D eigenvalue weighted by molar-refractivity contribution is 0.0743. The summed E-state index contributed by atoms with van der Waals surface area (Å²) in [6.07, 6.45) is 3.27. The zero-order valence-electron chi connectivity index (χ0n) is 17.3. The molecule has 9 nitrogen and oxygen atoms in total. The van der Waals surface area contributed by atoms with Gasteiger partial charge in [-0.05, 0) is 24.3 Å². The number of hydrogen-bond acceptors (Lipinski definition) is 7. The third kappa shape index (κ3) is 3.91. The molecule has 0 radical (unpaired) electrons. The maximum Gasteiger partial charge on any atom is 0.261 e. The first-order valence-electron chi connectivity index (χ1n) is 9.67. The van der Waals surface area contributed by atoms with E-state index in [1.807, 2.05) is 35.2 Å². The van der Waals surface area contributed by atoms with Crippen LogP contribution in [0.15, 0.2) is 42.9 Å². The molecule has 0 atom stereocenters. The highest BCUT2D eigenvalue weighted by atomic mass is 16.5. The topological polar surface area (TPSA) is 85.6 Å². The fourth-order valence-corrected chi connectivity index (χ4v) is 3.51. The Morgan fingerprint density at radius 2 is 1.73 bits per heavy atom. The Hall–Kier alpha value is -3.62. The van der Waals surface area contributed by atoms with Crippen LogP contribution in [0.4, 0.5) is 5.82 Å². The van der Waals surface area contributed by atoms with E-state index in [0.717, 1.165) is 22.8 Å². The minimum Gasteiger partial charge on any atom is -0.497 e. The number of carbonyl (C=O) groups is 1. The number of benzene rings is 1. The smallest absolute Gasteiger partial charge is 0.261 e. The standard InChI is InChI=1S/C21H24N6O3/c1-25-13-17(20(24-25)30-3)21(28)27-10-8-26(9-11-27)19-12-18(22-14-23-19)15-4-6-16(29-2)7-5-15/h4-7,12-14H,8-11H2,1-3H3. The molecule has 2 aromatic heterocycles. The van der Waals surface area contributed by atoms with E-state index in [0.29, 0.717) is 37.6 Å². The summed E-state index contributed by atoms with van der Waals surface area (Å²) in [6.45, 7) is 2.57. The highest BCUT2D eigenvalue weighted by Crippen LogP contribution is 2.24. The first-order valence-corrected chi connectivity index (χ1v) is 9.67. The van der Waals surface area contributed by atoms with E-state index in [9.17, 15) is 4.79 Å². The SMILES string of the molecule is COc1ccc(-c2cc(N3CCN(C(=O)c4cn(C)nc4OC)CC3)ncn2)cc1. The Morgan fingerprint density at radius 1 is 1.00 bits per heavy atom. The third-order valence-electron chi connectivity index (χ3n) is 5.15. The van der Waals surface area contributed by atoms with Gasteiger partial charge >= 0.3 is 0 Å². The number of amides is 1. The second-order valence-electron chi connectivity index (χ2n) is 6.99. The van der Waals surface area contributed by atoms with Gasteiger partial charge in [0.2, 0.25) is 5.88 Å². The fraction of sp³-hybridized carbons (Fsp3) is 0.333. The number of carbonyl (C=O) groups excluding carboxylic acids is 1. The van der Waals surface area contributed by atoms with Gasteiger partial charge in [0.25, 0.3) is 5.91 Å². The minimum atomic E-state index is -0.0683. The first kappa shape index (κ1) is 19.7. The molecule has 1 fully saturated rings. The molecule has 0 saturated carbocycles. The number of anilines is 1. The summed E-state index contributed by atoms with van der Waals surface area (Å²) in [5, 5.41) is 4.17. The molecule has 30 heavy (non-hydrogen) atoms. The first-order chi connectivity index (χ1) is 14.6. The van der Waals surface area contributed by atoms with Crippen molar-refractivity contribution in [3.05, 3.63) is 48.4 Å². The molecule has 0 spiro atoms. The Labute approximate surface area is 174 Å². The van der Waals surface area contributed by atoms with Crippen LogP contribution in [0.25, 0.3) is 11.3 Å². The largest absolute Gasteiger partial charge is 0.497 e. The summed E-state index contributed by atoms with van der Waals surface area (Å²) in [5.41, 5.74) is 2.33. The Kier molecular flexibility index (Phi) is 5.51. The van der Waals surface area contributed by atoms with E-state index in [1.54, 1.807) is 31.4 Å². The second kappa shape index (κ2) is 8.40. The van der Waals surface area contributed by atoms with Crippen molar-refractivity contribution < 1.29 is 14.3 Å². The Balaban J connectivity index is 1.44. The van der Waals surface area contributed by atoms with Crippen LogP contribution in [-0.4, -0.2) is 71.0 Å². The third-order valence-corrected chi connectivity index (χ3v) is 5.15. The monoisotopic (exact) mass is 408 g/mol. The van der Waals surface area contributed by atoms with Gasteiger partial charge in [-0.2, -0.15) is 0 Å². The van der Waals surface area contributed by atoms with Gasteiger partial charge in [-0.25, -0.2) is 9.97 Å². The van der Waals surface area contributed by atoms with Crippen molar-refractivity contribution in [1.82, 2.24) is 24.6 Å². The lowest BCUT2D eigenvalue weighted by atomic mass is 10.1. The average molecular weight is 408 g/mol. The van der Waals surface area contributed by atoms with Gasteiger partial charge in [0.15, 0.2) is 0 Å². The van der Waals surface area contributed by atoms with Gasteiger partial charge < -0.3 is 19.3 Å². The van der Waals surface area contributed by atoms with Crippen LogP contribution >= 0.6 is 0 Å². The molecule has 4 rings (SSSR count). The molecule has 0 unspecified atom stereocenters. The number of aromatic nitrogens is 4. The molecule has 1 aliphatic heterocycles. The number of ether oxygens (including phenoxy) is 2. The Morgan fingerprint density at radius 3 is 2.40 bits per heavy atom. The average Bonchev–Trinajstić information content (AvgIpc) is 3.19. The second-order valence-corrected chi connectivity index (χ2v) is 6.99. The minimum absolute atomic E-state index is 0.0683. The summed E-state index contributed by atoms with van der Waals surface area (Å²) in [6, 6.07) is 9.75. The summed E-state index contributed by atoms with van der Waals surface area (Å²) in [5.74, 6) is 1.94. The molecule has 1 aliphatic rings. The number of piperazine rings is 1. The van der Waals surface area contributed by atoms with Crippen molar-refractivity contribution in [3.8, 4) is 22.9 Å². The molecule has 0 aliphatic carbocycles. The van der Waals surface area contributed by atoms with Gasteiger partial charge in [-0.3, -0.25) is 9.48 Å². The quantitative estimate of drug-likeness (QED) is 0.637. The molecular weight excluding hydrogens is 384 g/mol. The lowest BCUT2D eigenvalue weighted by Crippen LogP contribution is -2.49. The van der Waals surface area contributed by atoms with Gasteiger partial charge in [-0.1, -0.05) is 0 Å². The normalized spacial score (nSPS) is 14.0. The van der Waals surface area contributed by atoms with Crippen LogP contribution in [0, 0.1) is 0 Å². The van der Waals surface area contributed by atoms with Gasteiger partial charge in [0.05, 0.1) is 19.9 Å². The van der Waals surface area contributed by atoms with Crippen molar-refractivity contribution in [2.75, 3.05) is 45.3 Å². The molecule has 1 amide bonds. The van der Waals surface area contributed by atoms with Crippen molar-refractivity contribution >= 4 is 11.7 Å². The molecular formula is C21H24N6O3. The van der Waals surface area contributed by atoms with E-state index in [4.69, 9.17) is 9.47 Å². The zero-order chi connectivity index (χ0) is 21.1. The molecule has 0 bridgehead atoms. The molecule has 1 aromatic carbocycles. The van der Waals surface area contributed by atoms with Gasteiger partial charge in [-0.15, -0.1) is 5.10 Å². The zero-order valence-corrected chi connectivity index (χ0v) is 17.3. The van der Waals surface area contributed by atoms with Crippen LogP contribution in [0.1, 0.15) is 10.4 Å². The highest BCUT2D eigenvalue weighted by Gasteiger charge is 2.26. The van der Waals surface area contributed by atoms with Crippen LogP contribution in [-0.2, 0) is 7.05 Å². The molecule has 3 aromatic rings. The summed E-state index contributed by atoms with van der Waals surface area (Å²) >= 11 is 0. The van der Waals surface area contributed by atoms with E-state index >= 15 is 0 Å². The van der Waals surface area contributed by atoms with Gasteiger partial charge in [0, 0.05) is 51.1 Å².